The Kier molecular flexibility index (Phi) is 3.34. The summed E-state index contributed by atoms with van der Waals surface area (Å²) in [5, 5.41) is 6.62. The largest absolute Gasteiger partial charge is 0.370 e. The average Bonchev–Trinajstić information content (AvgIpc) is 3.21. The normalized spacial score (nSPS) is 25.5. The Balaban J connectivity index is 1.47. The van der Waals surface area contributed by atoms with Crippen LogP contribution >= 0.6 is 0 Å². The highest BCUT2D eigenvalue weighted by molar-refractivity contribution is 5.01. The number of fused-ring (bicyclic) bond motifs is 1. The van der Waals surface area contributed by atoms with Gasteiger partial charge in [-0.1, -0.05) is 0 Å². The molecule has 2 aromatic rings. The predicted octanol–water partition coefficient (Wildman–Crippen LogP) is -0.102. The molecule has 1 saturated heterocycles. The standard InChI is InChI=1S/C14H20N6O2/c1-18-4-3-15-13(18)12-10(2-7-22-12)8-19-5-6-20-11(9-19)16-17-14(20)21/h3-4,10,12H,2,5-9H2,1H3,(H,17,21)/t10-,12+/m0/s1. The summed E-state index contributed by atoms with van der Waals surface area (Å²) in [7, 11) is 2.00. The van der Waals surface area contributed by atoms with Gasteiger partial charge >= 0.3 is 5.69 Å². The lowest BCUT2D eigenvalue weighted by atomic mass is 9.99. The van der Waals surface area contributed by atoms with Crippen LogP contribution in [0.5, 0.6) is 0 Å². The van der Waals surface area contributed by atoms with Crippen molar-refractivity contribution in [3.63, 3.8) is 0 Å². The Morgan fingerprint density at radius 1 is 1.45 bits per heavy atom. The van der Waals surface area contributed by atoms with E-state index in [9.17, 15) is 4.79 Å². The number of aromatic amines is 1. The van der Waals surface area contributed by atoms with Gasteiger partial charge in [0.15, 0.2) is 0 Å². The van der Waals surface area contributed by atoms with E-state index in [0.717, 1.165) is 37.8 Å². The molecule has 0 amide bonds. The van der Waals surface area contributed by atoms with Gasteiger partial charge in [0.25, 0.3) is 0 Å². The van der Waals surface area contributed by atoms with Crippen LogP contribution in [0.15, 0.2) is 17.2 Å². The first-order chi connectivity index (χ1) is 10.7. The first kappa shape index (κ1) is 13.7. The molecule has 1 N–H and O–H groups in total. The van der Waals surface area contributed by atoms with Crippen LogP contribution in [-0.4, -0.2) is 48.9 Å². The molecule has 22 heavy (non-hydrogen) atoms. The quantitative estimate of drug-likeness (QED) is 0.856. The molecule has 0 bridgehead atoms. The van der Waals surface area contributed by atoms with Crippen molar-refractivity contribution < 1.29 is 4.74 Å². The second-order valence-electron chi connectivity index (χ2n) is 6.07. The molecule has 0 aromatic carbocycles. The van der Waals surface area contributed by atoms with Gasteiger partial charge < -0.3 is 9.30 Å². The highest BCUT2D eigenvalue weighted by Crippen LogP contribution is 2.34. The maximum absolute atomic E-state index is 11.6. The molecule has 4 rings (SSSR count). The molecular formula is C14H20N6O2. The zero-order valence-electron chi connectivity index (χ0n) is 12.6. The van der Waals surface area contributed by atoms with E-state index in [1.807, 2.05) is 24.0 Å². The summed E-state index contributed by atoms with van der Waals surface area (Å²) >= 11 is 0. The first-order valence-corrected chi connectivity index (χ1v) is 7.67. The second-order valence-corrected chi connectivity index (χ2v) is 6.07. The van der Waals surface area contributed by atoms with Crippen molar-refractivity contribution in [3.05, 3.63) is 34.5 Å². The molecule has 2 atom stereocenters. The molecule has 0 spiro atoms. The summed E-state index contributed by atoms with van der Waals surface area (Å²) in [4.78, 5) is 18.3. The number of hydrogen-bond donors (Lipinski definition) is 1. The van der Waals surface area contributed by atoms with Gasteiger partial charge in [-0.15, -0.1) is 0 Å². The summed E-state index contributed by atoms with van der Waals surface area (Å²) in [6.45, 7) is 4.01. The van der Waals surface area contributed by atoms with Crippen molar-refractivity contribution in [2.75, 3.05) is 19.7 Å². The number of nitrogens with zero attached hydrogens (tertiary/aromatic N) is 5. The van der Waals surface area contributed by atoms with E-state index in [1.54, 1.807) is 4.57 Å². The highest BCUT2D eigenvalue weighted by atomic mass is 16.5. The SMILES string of the molecule is Cn1ccnc1[C@@H]1OCC[C@H]1CN1CCn2c(n[nH]c2=O)C1. The van der Waals surface area contributed by atoms with Crippen molar-refractivity contribution in [1.82, 2.24) is 29.2 Å². The molecule has 8 heteroatoms. The van der Waals surface area contributed by atoms with Crippen molar-refractivity contribution in [2.24, 2.45) is 13.0 Å². The monoisotopic (exact) mass is 304 g/mol. The zero-order valence-corrected chi connectivity index (χ0v) is 12.6. The number of imidazole rings is 1. The number of hydrogen-bond acceptors (Lipinski definition) is 5. The summed E-state index contributed by atoms with van der Waals surface area (Å²) < 4.78 is 9.67. The smallest absolute Gasteiger partial charge is 0.343 e. The van der Waals surface area contributed by atoms with Crippen LogP contribution in [-0.2, 0) is 24.9 Å². The van der Waals surface area contributed by atoms with Gasteiger partial charge in [-0.05, 0) is 6.42 Å². The van der Waals surface area contributed by atoms with E-state index in [1.165, 1.54) is 0 Å². The van der Waals surface area contributed by atoms with E-state index in [4.69, 9.17) is 4.74 Å². The van der Waals surface area contributed by atoms with Gasteiger partial charge in [0.1, 0.15) is 17.8 Å². The topological polar surface area (TPSA) is 81.0 Å². The molecule has 2 aromatic heterocycles. The molecule has 8 nitrogen and oxygen atoms in total. The maximum Gasteiger partial charge on any atom is 0.343 e. The van der Waals surface area contributed by atoms with E-state index < -0.39 is 0 Å². The molecule has 4 heterocycles. The average molecular weight is 304 g/mol. The maximum atomic E-state index is 11.6. The molecule has 0 radical (unpaired) electrons. The second kappa shape index (κ2) is 5.36. The number of ether oxygens (including phenoxy) is 1. The first-order valence-electron chi connectivity index (χ1n) is 7.67. The fourth-order valence-corrected chi connectivity index (χ4v) is 3.47. The van der Waals surface area contributed by atoms with Gasteiger partial charge in [-0.3, -0.25) is 9.47 Å². The molecule has 1 fully saturated rings. The fourth-order valence-electron chi connectivity index (χ4n) is 3.47. The number of nitrogens with one attached hydrogen (secondary N) is 1. The van der Waals surface area contributed by atoms with Gasteiger partial charge in [0.05, 0.1) is 6.54 Å². The van der Waals surface area contributed by atoms with Crippen LogP contribution in [0.4, 0.5) is 0 Å². The van der Waals surface area contributed by atoms with E-state index in [0.29, 0.717) is 19.0 Å². The fraction of sp³-hybridized carbons (Fsp3) is 0.643. The molecule has 2 aliphatic heterocycles. The Morgan fingerprint density at radius 3 is 3.18 bits per heavy atom. The van der Waals surface area contributed by atoms with E-state index in [2.05, 4.69) is 20.1 Å². The summed E-state index contributed by atoms with van der Waals surface area (Å²) in [6.07, 6.45) is 4.87. The number of aromatic nitrogens is 5. The minimum absolute atomic E-state index is 0.0586. The third-order valence-electron chi connectivity index (χ3n) is 4.66. The molecule has 0 unspecified atom stereocenters. The minimum atomic E-state index is -0.107. The summed E-state index contributed by atoms with van der Waals surface area (Å²) in [6, 6.07) is 0. The Labute approximate surface area is 127 Å². The number of rotatable bonds is 3. The van der Waals surface area contributed by atoms with Gasteiger partial charge in [-0.25, -0.2) is 14.9 Å². The summed E-state index contributed by atoms with van der Waals surface area (Å²) in [5.74, 6) is 2.25. The van der Waals surface area contributed by atoms with E-state index in [-0.39, 0.29) is 11.8 Å². The molecular weight excluding hydrogens is 284 g/mol. The molecule has 0 aliphatic carbocycles. The molecule has 0 saturated carbocycles. The van der Waals surface area contributed by atoms with Gasteiger partial charge in [0.2, 0.25) is 0 Å². The van der Waals surface area contributed by atoms with Crippen molar-refractivity contribution in [1.29, 1.82) is 0 Å². The minimum Gasteiger partial charge on any atom is -0.370 e. The highest BCUT2D eigenvalue weighted by Gasteiger charge is 2.34. The lowest BCUT2D eigenvalue weighted by Crippen LogP contribution is -2.40. The van der Waals surface area contributed by atoms with Gasteiger partial charge in [0, 0.05) is 51.6 Å². The Bertz CT molecular complexity index is 717. The van der Waals surface area contributed by atoms with Crippen LogP contribution in [0.1, 0.15) is 24.2 Å². The van der Waals surface area contributed by atoms with Crippen LogP contribution in [0.3, 0.4) is 0 Å². The van der Waals surface area contributed by atoms with Crippen LogP contribution in [0.2, 0.25) is 0 Å². The number of H-pyrrole nitrogens is 1. The Morgan fingerprint density at radius 2 is 2.36 bits per heavy atom. The van der Waals surface area contributed by atoms with E-state index >= 15 is 0 Å². The molecule has 2 aliphatic rings. The lowest BCUT2D eigenvalue weighted by Gasteiger charge is -2.30. The molecule has 118 valence electrons. The predicted molar refractivity (Wildman–Crippen MR) is 78.1 cm³/mol. The van der Waals surface area contributed by atoms with Crippen molar-refractivity contribution in [2.45, 2.75) is 25.6 Å². The third kappa shape index (κ3) is 2.28. The third-order valence-corrected chi connectivity index (χ3v) is 4.66. The van der Waals surface area contributed by atoms with Gasteiger partial charge in [-0.2, -0.15) is 5.10 Å². The van der Waals surface area contributed by atoms with Crippen LogP contribution < -0.4 is 5.69 Å². The number of aryl methyl sites for hydroxylation is 1. The Hall–Kier alpha value is -1.93. The van der Waals surface area contributed by atoms with Crippen molar-refractivity contribution in [3.8, 4) is 0 Å². The van der Waals surface area contributed by atoms with Crippen molar-refractivity contribution >= 4 is 0 Å². The summed E-state index contributed by atoms with van der Waals surface area (Å²) in [5.41, 5.74) is -0.107. The van der Waals surface area contributed by atoms with Crippen LogP contribution in [0, 0.1) is 5.92 Å². The lowest BCUT2D eigenvalue weighted by molar-refractivity contribution is 0.0650. The van der Waals surface area contributed by atoms with Crippen LogP contribution in [0.25, 0.3) is 0 Å². The zero-order chi connectivity index (χ0) is 15.1.